The average molecular weight is 486 g/mol. The van der Waals surface area contributed by atoms with Gasteiger partial charge in [0.25, 0.3) is 11.7 Å². The maximum absolute atomic E-state index is 12.9. The molecule has 164 valence electrons. The van der Waals surface area contributed by atoms with Crippen LogP contribution in [0.3, 0.4) is 0 Å². The molecule has 1 N–H and O–H groups in total. The number of aliphatic hydroxyl groups excluding tert-OH is 1. The van der Waals surface area contributed by atoms with Crippen LogP contribution in [0.25, 0.3) is 5.76 Å². The van der Waals surface area contributed by atoms with Crippen LogP contribution in [0, 0.1) is 6.92 Å². The lowest BCUT2D eigenvalue weighted by Crippen LogP contribution is -2.30. The van der Waals surface area contributed by atoms with Crippen LogP contribution in [-0.4, -0.2) is 34.8 Å². The summed E-state index contributed by atoms with van der Waals surface area (Å²) in [6, 6.07) is 12.1. The van der Waals surface area contributed by atoms with E-state index in [2.05, 4.69) is 22.9 Å². The summed E-state index contributed by atoms with van der Waals surface area (Å²) in [4.78, 5) is 27.3. The number of nitrogens with zero attached hydrogens (tertiary/aromatic N) is 1. The summed E-state index contributed by atoms with van der Waals surface area (Å²) in [6.07, 6.45) is 2.74. The monoisotopic (exact) mass is 485 g/mol. The van der Waals surface area contributed by atoms with Crippen molar-refractivity contribution in [2.24, 2.45) is 0 Å². The van der Waals surface area contributed by atoms with E-state index in [1.807, 2.05) is 44.2 Å². The minimum Gasteiger partial charge on any atom is -0.507 e. The Bertz CT molecular complexity index is 997. The summed E-state index contributed by atoms with van der Waals surface area (Å²) < 4.78 is 6.64. The normalized spacial score (nSPS) is 17.9. The second kappa shape index (κ2) is 10.1. The number of hydrogen-bond acceptors (Lipinski definition) is 4. The molecular formula is C25H28BrNO4. The Labute approximate surface area is 191 Å². The predicted octanol–water partition coefficient (Wildman–Crippen LogP) is 5.77. The van der Waals surface area contributed by atoms with Gasteiger partial charge in [-0.2, -0.15) is 0 Å². The molecule has 0 aromatic heterocycles. The number of halogens is 1. The third kappa shape index (κ3) is 4.85. The van der Waals surface area contributed by atoms with Crippen molar-refractivity contribution in [1.82, 2.24) is 4.90 Å². The number of hydrogen-bond donors (Lipinski definition) is 1. The molecule has 0 bridgehead atoms. The van der Waals surface area contributed by atoms with Crippen molar-refractivity contribution in [2.75, 3.05) is 13.2 Å². The molecule has 6 heteroatoms. The molecule has 1 aliphatic rings. The van der Waals surface area contributed by atoms with Gasteiger partial charge in [0.1, 0.15) is 11.5 Å². The molecule has 5 nitrogen and oxygen atoms in total. The highest BCUT2D eigenvalue weighted by molar-refractivity contribution is 9.10. The number of unbranched alkanes of at least 4 members (excludes halogenated alkanes) is 1. The molecule has 1 heterocycles. The SMILES string of the molecule is CCCCOc1ccc(C2/C(=C(/O)c3ccc(Br)c(C)c3)C(=O)C(=O)N2CCC)cc1. The summed E-state index contributed by atoms with van der Waals surface area (Å²) in [5.74, 6) is -0.640. The summed E-state index contributed by atoms with van der Waals surface area (Å²) >= 11 is 3.45. The smallest absolute Gasteiger partial charge is 0.295 e. The van der Waals surface area contributed by atoms with Crippen LogP contribution in [-0.2, 0) is 9.59 Å². The van der Waals surface area contributed by atoms with Crippen LogP contribution >= 0.6 is 15.9 Å². The summed E-state index contributed by atoms with van der Waals surface area (Å²) in [5.41, 5.74) is 2.34. The molecular weight excluding hydrogens is 458 g/mol. The number of Topliss-reactive ketones (excluding diaryl/α,β-unsaturated/α-hetero) is 1. The van der Waals surface area contributed by atoms with E-state index >= 15 is 0 Å². The van der Waals surface area contributed by atoms with E-state index in [0.29, 0.717) is 25.1 Å². The van der Waals surface area contributed by atoms with Crippen LogP contribution in [0.5, 0.6) is 5.75 Å². The molecule has 0 aliphatic carbocycles. The number of amides is 1. The number of benzene rings is 2. The molecule has 2 aromatic rings. The summed E-state index contributed by atoms with van der Waals surface area (Å²) in [5, 5.41) is 11.1. The van der Waals surface area contributed by atoms with Crippen LogP contribution in [0.2, 0.25) is 0 Å². The van der Waals surface area contributed by atoms with Crippen LogP contribution in [0.4, 0.5) is 0 Å². The minimum absolute atomic E-state index is 0.125. The second-order valence-corrected chi connectivity index (χ2v) is 8.58. The number of ketones is 1. The fourth-order valence-electron chi connectivity index (χ4n) is 3.73. The molecule has 1 amide bonds. The van der Waals surface area contributed by atoms with Gasteiger partial charge >= 0.3 is 0 Å². The standard InChI is InChI=1S/C25H28BrNO4/c1-4-6-14-31-19-10-7-17(8-11-19)22-21(24(29)25(30)27(22)13-5-2)23(28)18-9-12-20(26)16(3)15-18/h7-12,15,22,28H,4-6,13-14H2,1-3H3/b23-21-. The molecule has 1 atom stereocenters. The van der Waals surface area contributed by atoms with E-state index in [-0.39, 0.29) is 11.3 Å². The van der Waals surface area contributed by atoms with Crippen molar-refractivity contribution in [2.45, 2.75) is 46.1 Å². The van der Waals surface area contributed by atoms with Gasteiger partial charge in [-0.05, 0) is 55.2 Å². The third-order valence-corrected chi connectivity index (χ3v) is 6.29. The number of aliphatic hydroxyl groups is 1. The predicted molar refractivity (Wildman–Crippen MR) is 125 cm³/mol. The topological polar surface area (TPSA) is 66.8 Å². The van der Waals surface area contributed by atoms with Gasteiger partial charge in [0.05, 0.1) is 18.2 Å². The van der Waals surface area contributed by atoms with E-state index < -0.39 is 17.7 Å². The van der Waals surface area contributed by atoms with Crippen LogP contribution in [0.15, 0.2) is 52.5 Å². The Kier molecular flexibility index (Phi) is 7.55. The highest BCUT2D eigenvalue weighted by Gasteiger charge is 2.45. The van der Waals surface area contributed by atoms with Crippen molar-refractivity contribution in [3.63, 3.8) is 0 Å². The first-order valence-electron chi connectivity index (χ1n) is 10.7. The maximum Gasteiger partial charge on any atom is 0.295 e. The van der Waals surface area contributed by atoms with E-state index in [9.17, 15) is 14.7 Å². The quantitative estimate of drug-likeness (QED) is 0.223. The average Bonchev–Trinajstić information content (AvgIpc) is 3.01. The Morgan fingerprint density at radius 1 is 1.10 bits per heavy atom. The van der Waals surface area contributed by atoms with Gasteiger partial charge in [0.15, 0.2) is 0 Å². The fraction of sp³-hybridized carbons (Fsp3) is 0.360. The molecule has 0 radical (unpaired) electrons. The number of carbonyl (C=O) groups is 2. The van der Waals surface area contributed by atoms with E-state index in [4.69, 9.17) is 4.74 Å². The van der Waals surface area contributed by atoms with Crippen molar-refractivity contribution in [3.8, 4) is 5.75 Å². The first-order chi connectivity index (χ1) is 14.9. The van der Waals surface area contributed by atoms with Crippen molar-refractivity contribution in [1.29, 1.82) is 0 Å². The molecule has 2 aromatic carbocycles. The van der Waals surface area contributed by atoms with E-state index in [1.165, 1.54) is 0 Å². The van der Waals surface area contributed by atoms with E-state index in [0.717, 1.165) is 34.2 Å². The molecule has 0 spiro atoms. The number of ether oxygens (including phenoxy) is 1. The zero-order valence-electron chi connectivity index (χ0n) is 18.2. The van der Waals surface area contributed by atoms with Crippen LogP contribution in [0.1, 0.15) is 55.8 Å². The fourth-order valence-corrected chi connectivity index (χ4v) is 3.97. The van der Waals surface area contributed by atoms with Gasteiger partial charge in [-0.25, -0.2) is 0 Å². The highest BCUT2D eigenvalue weighted by atomic mass is 79.9. The Morgan fingerprint density at radius 2 is 1.81 bits per heavy atom. The molecule has 1 saturated heterocycles. The zero-order chi connectivity index (χ0) is 22.5. The first-order valence-corrected chi connectivity index (χ1v) is 11.5. The van der Waals surface area contributed by atoms with Crippen molar-refractivity contribution < 1.29 is 19.4 Å². The van der Waals surface area contributed by atoms with Crippen LogP contribution < -0.4 is 4.74 Å². The van der Waals surface area contributed by atoms with Gasteiger partial charge < -0.3 is 14.7 Å². The minimum atomic E-state index is -0.653. The lowest BCUT2D eigenvalue weighted by atomic mass is 9.95. The van der Waals surface area contributed by atoms with Crippen molar-refractivity contribution in [3.05, 3.63) is 69.2 Å². The summed E-state index contributed by atoms with van der Waals surface area (Å²) in [7, 11) is 0. The second-order valence-electron chi connectivity index (χ2n) is 7.73. The number of rotatable bonds is 8. The molecule has 31 heavy (non-hydrogen) atoms. The van der Waals surface area contributed by atoms with Gasteiger partial charge in [-0.3, -0.25) is 9.59 Å². The molecule has 0 saturated carbocycles. The lowest BCUT2D eigenvalue weighted by molar-refractivity contribution is -0.139. The Balaban J connectivity index is 2.05. The summed E-state index contributed by atoms with van der Waals surface area (Å²) in [6.45, 7) is 7.05. The third-order valence-electron chi connectivity index (χ3n) is 5.40. The largest absolute Gasteiger partial charge is 0.507 e. The van der Waals surface area contributed by atoms with Gasteiger partial charge in [0.2, 0.25) is 0 Å². The zero-order valence-corrected chi connectivity index (χ0v) is 19.7. The molecule has 1 aliphatic heterocycles. The highest BCUT2D eigenvalue weighted by Crippen LogP contribution is 2.40. The van der Waals surface area contributed by atoms with Gasteiger partial charge in [-0.1, -0.05) is 54.4 Å². The van der Waals surface area contributed by atoms with E-state index in [1.54, 1.807) is 17.0 Å². The Hall–Kier alpha value is -2.60. The molecule has 1 unspecified atom stereocenters. The molecule has 3 rings (SSSR count). The number of carbonyl (C=O) groups excluding carboxylic acids is 2. The Morgan fingerprint density at radius 3 is 2.42 bits per heavy atom. The van der Waals surface area contributed by atoms with Crippen molar-refractivity contribution >= 4 is 33.4 Å². The number of aryl methyl sites for hydroxylation is 1. The number of likely N-dealkylation sites (tertiary alicyclic amines) is 1. The first kappa shape index (κ1) is 23.1. The van der Waals surface area contributed by atoms with Gasteiger partial charge in [0, 0.05) is 16.6 Å². The van der Waals surface area contributed by atoms with Gasteiger partial charge in [-0.15, -0.1) is 0 Å². The molecule has 1 fully saturated rings. The maximum atomic E-state index is 12.9. The lowest BCUT2D eigenvalue weighted by Gasteiger charge is -2.25.